The summed E-state index contributed by atoms with van der Waals surface area (Å²) in [5.41, 5.74) is 0.476. The maximum atomic E-state index is 13.4. The molecule has 0 radical (unpaired) electrons. The van der Waals surface area contributed by atoms with E-state index in [1.807, 2.05) is 0 Å². The van der Waals surface area contributed by atoms with E-state index in [9.17, 15) is 13.9 Å². The minimum absolute atomic E-state index is 0.311. The second-order valence-electron chi connectivity index (χ2n) is 3.47. The molecule has 1 rings (SSSR count). The molecule has 1 nitrogen and oxygen atoms in total. The summed E-state index contributed by atoms with van der Waals surface area (Å²) in [6.45, 7) is 3.50. The fourth-order valence-electron chi connectivity index (χ4n) is 1.23. The third-order valence-electron chi connectivity index (χ3n) is 1.83. The van der Waals surface area contributed by atoms with E-state index in [2.05, 4.69) is 15.9 Å². The van der Waals surface area contributed by atoms with Gasteiger partial charge in [0.15, 0.2) is 0 Å². The van der Waals surface area contributed by atoms with Gasteiger partial charge in [0.25, 0.3) is 0 Å². The Balaban J connectivity index is 3.20. The summed E-state index contributed by atoms with van der Waals surface area (Å²) in [5, 5.41) is 9.57. The van der Waals surface area contributed by atoms with Crippen molar-refractivity contribution in [2.75, 3.05) is 0 Å². The summed E-state index contributed by atoms with van der Waals surface area (Å²) in [7, 11) is 0. The molecule has 82 valence electrons. The Labute approximate surface area is 95.6 Å². The van der Waals surface area contributed by atoms with Crippen molar-refractivity contribution in [3.8, 4) is 0 Å². The molecule has 0 aliphatic rings. The number of hydrogen-bond acceptors (Lipinski definition) is 1. The van der Waals surface area contributed by atoms with Crippen LogP contribution in [0.5, 0.6) is 0 Å². The largest absolute Gasteiger partial charge is 0.384 e. The van der Waals surface area contributed by atoms with Crippen LogP contribution in [0, 0.1) is 11.6 Å². The summed E-state index contributed by atoms with van der Waals surface area (Å²) in [4.78, 5) is 0. The molecular weight excluding hydrogens is 266 g/mol. The lowest BCUT2D eigenvalue weighted by molar-refractivity contribution is 0.216. The Hall–Kier alpha value is -0.740. The van der Waals surface area contributed by atoms with Gasteiger partial charge in [-0.15, -0.1) is 0 Å². The molecule has 0 amide bonds. The molecule has 0 bridgehead atoms. The van der Waals surface area contributed by atoms with Gasteiger partial charge in [0.1, 0.15) is 17.7 Å². The highest BCUT2D eigenvalue weighted by molar-refractivity contribution is 9.10. The highest BCUT2D eigenvalue weighted by Gasteiger charge is 2.16. The number of aliphatic hydroxyl groups is 1. The fraction of sp³-hybridized carbons (Fsp3) is 0.273. The van der Waals surface area contributed by atoms with Gasteiger partial charge in [-0.2, -0.15) is 0 Å². The molecule has 0 fully saturated rings. The van der Waals surface area contributed by atoms with Crippen molar-refractivity contribution in [3.05, 3.63) is 45.5 Å². The number of allylic oxidation sites excluding steroid dienone is 1. The third-order valence-corrected chi connectivity index (χ3v) is 2.29. The molecule has 0 heterocycles. The van der Waals surface area contributed by atoms with Crippen LogP contribution in [0.1, 0.15) is 25.5 Å². The summed E-state index contributed by atoms with van der Waals surface area (Å²) in [6, 6.07) is 2.25. The minimum atomic E-state index is -1.25. The molecule has 0 aliphatic heterocycles. The van der Waals surface area contributed by atoms with E-state index in [1.54, 1.807) is 13.8 Å². The molecule has 1 atom stereocenters. The topological polar surface area (TPSA) is 20.2 Å². The molecule has 1 aromatic carbocycles. The molecule has 0 aliphatic carbocycles. The standard InChI is InChI=1S/C11H11BrF2O/c1-6(2)3-10(15)11-8(13)4-7(12)5-9(11)14/h3-5,10,15H,1-2H3. The first kappa shape index (κ1) is 12.3. The minimum Gasteiger partial charge on any atom is -0.384 e. The van der Waals surface area contributed by atoms with Gasteiger partial charge in [0, 0.05) is 4.47 Å². The van der Waals surface area contributed by atoms with E-state index in [0.717, 1.165) is 17.7 Å². The zero-order valence-electron chi connectivity index (χ0n) is 8.39. The number of rotatable bonds is 2. The van der Waals surface area contributed by atoms with Crippen molar-refractivity contribution in [1.29, 1.82) is 0 Å². The van der Waals surface area contributed by atoms with Crippen LogP contribution in [0.15, 0.2) is 28.3 Å². The van der Waals surface area contributed by atoms with Gasteiger partial charge < -0.3 is 5.11 Å². The molecule has 0 aromatic heterocycles. The molecule has 0 saturated carbocycles. The molecular formula is C11H11BrF2O. The maximum Gasteiger partial charge on any atom is 0.133 e. The van der Waals surface area contributed by atoms with E-state index in [-0.39, 0.29) is 5.56 Å². The summed E-state index contributed by atoms with van der Waals surface area (Å²) in [6.07, 6.45) is 0.151. The zero-order chi connectivity index (χ0) is 11.6. The summed E-state index contributed by atoms with van der Waals surface area (Å²) < 4.78 is 27.0. The zero-order valence-corrected chi connectivity index (χ0v) is 9.98. The van der Waals surface area contributed by atoms with Gasteiger partial charge in [0.05, 0.1) is 5.56 Å². The van der Waals surface area contributed by atoms with E-state index in [1.165, 1.54) is 6.08 Å². The van der Waals surface area contributed by atoms with Crippen LogP contribution < -0.4 is 0 Å². The van der Waals surface area contributed by atoms with Crippen molar-refractivity contribution in [2.24, 2.45) is 0 Å². The Morgan fingerprint density at radius 2 is 1.80 bits per heavy atom. The predicted molar refractivity (Wildman–Crippen MR) is 58.4 cm³/mol. The summed E-state index contributed by atoms with van der Waals surface area (Å²) in [5.74, 6) is -1.52. The summed E-state index contributed by atoms with van der Waals surface area (Å²) >= 11 is 2.97. The van der Waals surface area contributed by atoms with Crippen LogP contribution in [0.4, 0.5) is 8.78 Å². The molecule has 0 spiro atoms. The number of hydrogen-bond donors (Lipinski definition) is 1. The van der Waals surface area contributed by atoms with Crippen LogP contribution >= 0.6 is 15.9 Å². The Bertz CT molecular complexity index is 375. The van der Waals surface area contributed by atoms with Gasteiger partial charge in [0.2, 0.25) is 0 Å². The SMILES string of the molecule is CC(C)=CC(O)c1c(F)cc(Br)cc1F. The molecule has 4 heteroatoms. The first-order chi connectivity index (χ1) is 6.91. The maximum absolute atomic E-state index is 13.4. The Kier molecular flexibility index (Phi) is 3.99. The fourth-order valence-corrected chi connectivity index (χ4v) is 1.64. The van der Waals surface area contributed by atoms with Crippen molar-refractivity contribution >= 4 is 15.9 Å². The van der Waals surface area contributed by atoms with Crippen LogP contribution in [-0.2, 0) is 0 Å². The lowest BCUT2D eigenvalue weighted by atomic mass is 10.1. The molecule has 1 unspecified atom stereocenters. The van der Waals surface area contributed by atoms with Gasteiger partial charge in [-0.25, -0.2) is 8.78 Å². The molecule has 0 saturated heterocycles. The highest BCUT2D eigenvalue weighted by atomic mass is 79.9. The van der Waals surface area contributed by atoms with E-state index >= 15 is 0 Å². The van der Waals surface area contributed by atoms with E-state index in [0.29, 0.717) is 4.47 Å². The Morgan fingerprint density at radius 3 is 2.20 bits per heavy atom. The van der Waals surface area contributed by atoms with Gasteiger partial charge in [-0.05, 0) is 26.0 Å². The van der Waals surface area contributed by atoms with Crippen molar-refractivity contribution in [2.45, 2.75) is 20.0 Å². The second kappa shape index (κ2) is 4.86. The molecule has 1 aromatic rings. The van der Waals surface area contributed by atoms with Crippen LogP contribution in [0.25, 0.3) is 0 Å². The quantitative estimate of drug-likeness (QED) is 0.817. The molecule has 15 heavy (non-hydrogen) atoms. The average Bonchev–Trinajstić information content (AvgIpc) is 1.99. The van der Waals surface area contributed by atoms with Gasteiger partial charge >= 0.3 is 0 Å². The first-order valence-electron chi connectivity index (χ1n) is 4.39. The monoisotopic (exact) mass is 276 g/mol. The third kappa shape index (κ3) is 3.11. The van der Waals surface area contributed by atoms with Gasteiger partial charge in [-0.3, -0.25) is 0 Å². The van der Waals surface area contributed by atoms with Crippen LogP contribution in [0.2, 0.25) is 0 Å². The van der Waals surface area contributed by atoms with Gasteiger partial charge in [-0.1, -0.05) is 27.6 Å². The van der Waals surface area contributed by atoms with E-state index < -0.39 is 17.7 Å². The normalized spacial score (nSPS) is 12.4. The van der Waals surface area contributed by atoms with Crippen molar-refractivity contribution in [3.63, 3.8) is 0 Å². The van der Waals surface area contributed by atoms with Crippen LogP contribution in [0.3, 0.4) is 0 Å². The lowest BCUT2D eigenvalue weighted by Gasteiger charge is -2.10. The van der Waals surface area contributed by atoms with E-state index in [4.69, 9.17) is 0 Å². The molecule has 1 N–H and O–H groups in total. The smallest absolute Gasteiger partial charge is 0.133 e. The predicted octanol–water partition coefficient (Wildman–Crippen LogP) is 3.73. The Morgan fingerprint density at radius 1 is 1.33 bits per heavy atom. The second-order valence-corrected chi connectivity index (χ2v) is 4.39. The lowest BCUT2D eigenvalue weighted by Crippen LogP contribution is -2.02. The average molecular weight is 277 g/mol. The number of halogens is 3. The van der Waals surface area contributed by atoms with Crippen molar-refractivity contribution < 1.29 is 13.9 Å². The van der Waals surface area contributed by atoms with Crippen molar-refractivity contribution in [1.82, 2.24) is 0 Å². The first-order valence-corrected chi connectivity index (χ1v) is 5.18. The van der Waals surface area contributed by atoms with Crippen LogP contribution in [-0.4, -0.2) is 5.11 Å². The highest BCUT2D eigenvalue weighted by Crippen LogP contribution is 2.26. The number of aliphatic hydroxyl groups excluding tert-OH is 1. The number of benzene rings is 1.